The SMILES string of the molecule is CN=C(NCc1cc(F)ccc1CS(C)(=O)=O)NCC1Cc2ccccc2O1.I. The van der Waals surface area contributed by atoms with Gasteiger partial charge in [-0.05, 0) is 34.9 Å². The fourth-order valence-electron chi connectivity index (χ4n) is 3.16. The van der Waals surface area contributed by atoms with Crippen LogP contribution in [0, 0.1) is 5.82 Å². The average molecular weight is 533 g/mol. The van der Waals surface area contributed by atoms with Gasteiger partial charge in [-0.1, -0.05) is 24.3 Å². The number of fused-ring (bicyclic) bond motifs is 1. The molecule has 1 aliphatic heterocycles. The highest BCUT2D eigenvalue weighted by molar-refractivity contribution is 14.0. The minimum absolute atomic E-state index is 0. The molecule has 6 nitrogen and oxygen atoms in total. The molecule has 2 aromatic rings. The third-order valence-corrected chi connectivity index (χ3v) is 5.30. The summed E-state index contributed by atoms with van der Waals surface area (Å²) in [7, 11) is -1.58. The number of halogens is 2. The van der Waals surface area contributed by atoms with Crippen molar-refractivity contribution in [2.75, 3.05) is 19.8 Å². The molecule has 2 N–H and O–H groups in total. The summed E-state index contributed by atoms with van der Waals surface area (Å²) in [5.74, 6) is 0.899. The first kappa shape index (κ1) is 23.4. The lowest BCUT2D eigenvalue weighted by Gasteiger charge is -2.16. The minimum Gasteiger partial charge on any atom is -0.488 e. The van der Waals surface area contributed by atoms with Crippen LogP contribution in [0.15, 0.2) is 47.5 Å². The van der Waals surface area contributed by atoms with Crippen molar-refractivity contribution < 1.29 is 17.5 Å². The van der Waals surface area contributed by atoms with Gasteiger partial charge in [0, 0.05) is 26.3 Å². The average Bonchev–Trinajstić information content (AvgIpc) is 3.05. The van der Waals surface area contributed by atoms with E-state index in [0.717, 1.165) is 18.4 Å². The van der Waals surface area contributed by atoms with Gasteiger partial charge in [0.25, 0.3) is 0 Å². The molecular formula is C20H25FIN3O3S. The topological polar surface area (TPSA) is 79.8 Å². The first-order valence-electron chi connectivity index (χ1n) is 8.98. The predicted octanol–water partition coefficient (Wildman–Crippen LogP) is 2.66. The first-order valence-corrected chi connectivity index (χ1v) is 11.0. The molecule has 0 fully saturated rings. The zero-order valence-corrected chi connectivity index (χ0v) is 19.5. The molecule has 0 saturated heterocycles. The van der Waals surface area contributed by atoms with Crippen molar-refractivity contribution in [1.29, 1.82) is 0 Å². The molecule has 29 heavy (non-hydrogen) atoms. The summed E-state index contributed by atoms with van der Waals surface area (Å²) >= 11 is 0. The van der Waals surface area contributed by atoms with Gasteiger partial charge in [-0.25, -0.2) is 12.8 Å². The van der Waals surface area contributed by atoms with Gasteiger partial charge in [0.15, 0.2) is 15.8 Å². The molecular weight excluding hydrogens is 508 g/mol. The van der Waals surface area contributed by atoms with Gasteiger partial charge < -0.3 is 15.4 Å². The van der Waals surface area contributed by atoms with E-state index in [2.05, 4.69) is 21.7 Å². The Hall–Kier alpha value is -1.88. The van der Waals surface area contributed by atoms with Crippen LogP contribution in [0.3, 0.4) is 0 Å². The largest absolute Gasteiger partial charge is 0.488 e. The van der Waals surface area contributed by atoms with Crippen LogP contribution in [0.5, 0.6) is 5.75 Å². The lowest BCUT2D eigenvalue weighted by Crippen LogP contribution is -2.42. The molecule has 0 aromatic heterocycles. The van der Waals surface area contributed by atoms with Gasteiger partial charge in [-0.3, -0.25) is 4.99 Å². The number of rotatable bonds is 6. The Morgan fingerprint density at radius 3 is 2.66 bits per heavy atom. The predicted molar refractivity (Wildman–Crippen MR) is 123 cm³/mol. The van der Waals surface area contributed by atoms with E-state index in [9.17, 15) is 12.8 Å². The second kappa shape index (κ2) is 10.2. The molecule has 3 rings (SSSR count). The normalized spacial score (nSPS) is 15.8. The summed E-state index contributed by atoms with van der Waals surface area (Å²) in [5.41, 5.74) is 2.33. The van der Waals surface area contributed by atoms with E-state index in [1.54, 1.807) is 7.05 Å². The van der Waals surface area contributed by atoms with Crippen molar-refractivity contribution in [3.8, 4) is 5.75 Å². The number of hydrogen-bond acceptors (Lipinski definition) is 4. The summed E-state index contributed by atoms with van der Waals surface area (Å²) in [4.78, 5) is 4.17. The zero-order valence-electron chi connectivity index (χ0n) is 16.3. The van der Waals surface area contributed by atoms with E-state index in [0.29, 0.717) is 23.6 Å². The minimum atomic E-state index is -3.22. The van der Waals surface area contributed by atoms with Crippen molar-refractivity contribution in [2.45, 2.75) is 24.8 Å². The number of benzene rings is 2. The van der Waals surface area contributed by atoms with Crippen molar-refractivity contribution in [1.82, 2.24) is 10.6 Å². The van der Waals surface area contributed by atoms with Crippen LogP contribution < -0.4 is 15.4 Å². The number of para-hydroxylation sites is 1. The molecule has 1 heterocycles. The number of hydrogen-bond donors (Lipinski definition) is 2. The van der Waals surface area contributed by atoms with Crippen LogP contribution in [0.4, 0.5) is 4.39 Å². The fraction of sp³-hybridized carbons (Fsp3) is 0.350. The molecule has 9 heteroatoms. The summed E-state index contributed by atoms with van der Waals surface area (Å²) in [5, 5.41) is 6.31. The molecule has 1 unspecified atom stereocenters. The lowest BCUT2D eigenvalue weighted by atomic mass is 10.1. The van der Waals surface area contributed by atoms with Gasteiger partial charge in [-0.15, -0.1) is 24.0 Å². The Kier molecular flexibility index (Phi) is 8.26. The first-order chi connectivity index (χ1) is 13.3. The molecule has 1 aliphatic rings. The number of guanidine groups is 1. The molecule has 0 bridgehead atoms. The molecule has 158 valence electrons. The van der Waals surface area contributed by atoms with Crippen LogP contribution in [0.2, 0.25) is 0 Å². The molecule has 1 atom stereocenters. The zero-order chi connectivity index (χ0) is 20.1. The van der Waals surface area contributed by atoms with Crippen molar-refractivity contribution in [2.24, 2.45) is 4.99 Å². The van der Waals surface area contributed by atoms with Gasteiger partial charge in [0.2, 0.25) is 0 Å². The fourth-order valence-corrected chi connectivity index (χ4v) is 4.01. The summed E-state index contributed by atoms with van der Waals surface area (Å²) in [6.45, 7) is 0.821. The van der Waals surface area contributed by atoms with Crippen LogP contribution in [-0.2, 0) is 28.6 Å². The maximum atomic E-state index is 13.6. The van der Waals surface area contributed by atoms with Crippen molar-refractivity contribution in [3.05, 3.63) is 65.0 Å². The smallest absolute Gasteiger partial charge is 0.191 e. The highest BCUT2D eigenvalue weighted by Gasteiger charge is 2.22. The number of nitrogens with one attached hydrogen (secondary N) is 2. The van der Waals surface area contributed by atoms with Crippen LogP contribution >= 0.6 is 24.0 Å². The third kappa shape index (κ3) is 6.84. The molecule has 0 radical (unpaired) electrons. The number of sulfone groups is 1. The summed E-state index contributed by atoms with van der Waals surface area (Å²) in [6.07, 6.45) is 1.99. The molecule has 0 amide bonds. The Morgan fingerprint density at radius 1 is 1.21 bits per heavy atom. The van der Waals surface area contributed by atoms with Crippen LogP contribution in [0.1, 0.15) is 16.7 Å². The summed E-state index contributed by atoms with van der Waals surface area (Å²) < 4.78 is 42.7. The number of nitrogens with zero attached hydrogens (tertiary/aromatic N) is 1. The number of ether oxygens (including phenoxy) is 1. The van der Waals surface area contributed by atoms with E-state index in [1.807, 2.05) is 18.2 Å². The van der Waals surface area contributed by atoms with Crippen LogP contribution in [0.25, 0.3) is 0 Å². The van der Waals surface area contributed by atoms with Crippen LogP contribution in [-0.4, -0.2) is 40.3 Å². The monoisotopic (exact) mass is 533 g/mol. The quantitative estimate of drug-likeness (QED) is 0.339. The molecule has 0 saturated carbocycles. The second-order valence-electron chi connectivity index (χ2n) is 6.84. The van der Waals surface area contributed by atoms with Crippen molar-refractivity contribution >= 4 is 39.8 Å². The van der Waals surface area contributed by atoms with E-state index >= 15 is 0 Å². The highest BCUT2D eigenvalue weighted by atomic mass is 127. The Bertz CT molecular complexity index is 958. The standard InChI is InChI=1S/C20H24FN3O3S.HI/c1-22-20(24-12-18-10-14-5-3-4-6-19(14)27-18)23-11-16-9-17(21)8-7-15(16)13-28(2,25)26;/h3-9,18H,10-13H2,1-2H3,(H2,22,23,24);1H. The summed E-state index contributed by atoms with van der Waals surface area (Å²) in [6, 6.07) is 12.1. The maximum absolute atomic E-state index is 13.6. The third-order valence-electron chi connectivity index (χ3n) is 4.47. The lowest BCUT2D eigenvalue weighted by molar-refractivity contribution is 0.235. The van der Waals surface area contributed by atoms with Gasteiger partial charge >= 0.3 is 0 Å². The van der Waals surface area contributed by atoms with E-state index in [4.69, 9.17) is 4.74 Å². The molecule has 0 aliphatic carbocycles. The van der Waals surface area contributed by atoms with E-state index < -0.39 is 15.7 Å². The van der Waals surface area contributed by atoms with E-state index in [-0.39, 0.29) is 42.4 Å². The second-order valence-corrected chi connectivity index (χ2v) is 8.98. The van der Waals surface area contributed by atoms with Crippen molar-refractivity contribution in [3.63, 3.8) is 0 Å². The van der Waals surface area contributed by atoms with Gasteiger partial charge in [0.05, 0.1) is 12.3 Å². The molecule has 0 spiro atoms. The van der Waals surface area contributed by atoms with Gasteiger partial charge in [-0.2, -0.15) is 0 Å². The Morgan fingerprint density at radius 2 is 1.97 bits per heavy atom. The van der Waals surface area contributed by atoms with Gasteiger partial charge in [0.1, 0.15) is 17.7 Å². The highest BCUT2D eigenvalue weighted by Crippen LogP contribution is 2.27. The molecule has 2 aromatic carbocycles. The number of aliphatic imine (C=N–C) groups is 1. The Labute approximate surface area is 187 Å². The van der Waals surface area contributed by atoms with E-state index in [1.165, 1.54) is 23.8 Å². The Balaban J connectivity index is 0.00000300. The maximum Gasteiger partial charge on any atom is 0.191 e.